The minimum atomic E-state index is 0.539. The standard InChI is InChI=1S/C17H33BI/c1-5-15(2)14-16(3,4)10-6-7-11-17(19)12-8-9-13-18-17/h15H,5-14H2,1-4H3. The molecule has 0 bridgehead atoms. The van der Waals surface area contributed by atoms with Gasteiger partial charge in [-0.05, 0) is 40.3 Å². The fourth-order valence-corrected chi connectivity index (χ4v) is 4.54. The second-order valence-electron chi connectivity index (χ2n) is 7.57. The molecule has 0 aromatic heterocycles. The Hall–Kier alpha value is 0.795. The summed E-state index contributed by atoms with van der Waals surface area (Å²) < 4.78 is 0.539. The van der Waals surface area contributed by atoms with Gasteiger partial charge in [0.2, 0.25) is 0 Å². The van der Waals surface area contributed by atoms with Crippen molar-refractivity contribution in [3.8, 4) is 0 Å². The molecule has 1 radical (unpaired) electrons. The van der Waals surface area contributed by atoms with E-state index >= 15 is 0 Å². The second kappa shape index (κ2) is 8.29. The molecule has 0 nitrogen and oxygen atoms in total. The van der Waals surface area contributed by atoms with E-state index in [-0.39, 0.29) is 0 Å². The molecule has 0 amide bonds. The van der Waals surface area contributed by atoms with Gasteiger partial charge in [-0.15, -0.1) is 0 Å². The predicted molar refractivity (Wildman–Crippen MR) is 97.5 cm³/mol. The van der Waals surface area contributed by atoms with Crippen LogP contribution in [-0.2, 0) is 0 Å². The Balaban J connectivity index is 2.18. The van der Waals surface area contributed by atoms with Crippen molar-refractivity contribution in [1.82, 2.24) is 0 Å². The summed E-state index contributed by atoms with van der Waals surface area (Å²) in [7, 11) is 2.60. The van der Waals surface area contributed by atoms with Gasteiger partial charge in [-0.1, -0.05) is 88.7 Å². The number of rotatable bonds is 8. The first kappa shape index (κ1) is 17.8. The van der Waals surface area contributed by atoms with Gasteiger partial charge in [0, 0.05) is 0 Å². The predicted octanol–water partition coefficient (Wildman–Crippen LogP) is 6.45. The molecule has 2 atom stereocenters. The largest absolute Gasteiger partial charge is 0.131 e. The SMILES string of the molecule is CCC(C)CC(C)(C)CCCCC1(I)[B]CCCC1. The molecule has 0 spiro atoms. The van der Waals surface area contributed by atoms with E-state index in [4.69, 9.17) is 0 Å². The van der Waals surface area contributed by atoms with Crippen molar-refractivity contribution in [2.75, 3.05) is 0 Å². The van der Waals surface area contributed by atoms with Gasteiger partial charge in [0.25, 0.3) is 0 Å². The second-order valence-corrected chi connectivity index (χ2v) is 9.72. The summed E-state index contributed by atoms with van der Waals surface area (Å²) in [6.07, 6.45) is 14.0. The number of hydrogen-bond acceptors (Lipinski definition) is 0. The topological polar surface area (TPSA) is 0 Å². The molecule has 2 heteroatoms. The van der Waals surface area contributed by atoms with Crippen molar-refractivity contribution in [2.24, 2.45) is 11.3 Å². The van der Waals surface area contributed by atoms with Crippen LogP contribution in [0.4, 0.5) is 0 Å². The molecular formula is C17H33BI. The Morgan fingerprint density at radius 2 is 2.00 bits per heavy atom. The maximum absolute atomic E-state index is 2.72. The van der Waals surface area contributed by atoms with Gasteiger partial charge in [-0.2, -0.15) is 0 Å². The van der Waals surface area contributed by atoms with Crippen molar-refractivity contribution in [3.05, 3.63) is 0 Å². The van der Waals surface area contributed by atoms with Gasteiger partial charge in [-0.3, -0.25) is 0 Å². The quantitative estimate of drug-likeness (QED) is 0.198. The normalized spacial score (nSPS) is 25.9. The number of unbranched alkanes of at least 4 members (excludes halogenated alkanes) is 1. The first-order chi connectivity index (χ1) is 8.87. The van der Waals surface area contributed by atoms with Crippen LogP contribution in [0.15, 0.2) is 0 Å². The average Bonchev–Trinajstić information content (AvgIpc) is 2.35. The molecule has 1 aliphatic rings. The Labute approximate surface area is 136 Å². The Morgan fingerprint density at radius 1 is 1.26 bits per heavy atom. The highest BCUT2D eigenvalue weighted by Crippen LogP contribution is 2.37. The summed E-state index contributed by atoms with van der Waals surface area (Å²) in [6.45, 7) is 9.65. The minimum Gasteiger partial charge on any atom is -0.0887 e. The Kier molecular flexibility index (Phi) is 7.79. The van der Waals surface area contributed by atoms with E-state index in [9.17, 15) is 0 Å². The monoisotopic (exact) mass is 375 g/mol. The third-order valence-corrected chi connectivity index (χ3v) is 6.37. The Bertz CT molecular complexity index is 244. The van der Waals surface area contributed by atoms with Gasteiger partial charge >= 0.3 is 0 Å². The molecule has 0 aliphatic carbocycles. The van der Waals surface area contributed by atoms with E-state index in [2.05, 4.69) is 57.6 Å². The average molecular weight is 375 g/mol. The smallest absolute Gasteiger partial charge is 0.0887 e. The van der Waals surface area contributed by atoms with E-state index in [0.29, 0.717) is 8.74 Å². The summed E-state index contributed by atoms with van der Waals surface area (Å²) in [5, 5.41) is 0. The van der Waals surface area contributed by atoms with Gasteiger partial charge in [0.05, 0.1) is 0 Å². The molecule has 0 aromatic rings. The minimum absolute atomic E-state index is 0.539. The zero-order valence-electron chi connectivity index (χ0n) is 13.6. The summed E-state index contributed by atoms with van der Waals surface area (Å²) in [4.78, 5) is 0. The lowest BCUT2D eigenvalue weighted by Gasteiger charge is -2.32. The van der Waals surface area contributed by atoms with E-state index in [0.717, 1.165) is 5.92 Å². The van der Waals surface area contributed by atoms with Gasteiger partial charge in [0.1, 0.15) is 7.28 Å². The maximum Gasteiger partial charge on any atom is 0.131 e. The fraction of sp³-hybridized carbons (Fsp3) is 1.00. The lowest BCUT2D eigenvalue weighted by atomic mass is 9.54. The van der Waals surface area contributed by atoms with Crippen LogP contribution in [0.5, 0.6) is 0 Å². The molecule has 0 aromatic carbocycles. The van der Waals surface area contributed by atoms with Gasteiger partial charge in [0.15, 0.2) is 0 Å². The van der Waals surface area contributed by atoms with E-state index < -0.39 is 0 Å². The molecule has 1 aliphatic heterocycles. The van der Waals surface area contributed by atoms with E-state index in [1.807, 2.05) is 0 Å². The number of halogens is 1. The first-order valence-electron chi connectivity index (χ1n) is 8.40. The van der Waals surface area contributed by atoms with Crippen LogP contribution >= 0.6 is 22.6 Å². The zero-order chi connectivity index (χ0) is 14.4. The maximum atomic E-state index is 2.72. The summed E-state index contributed by atoms with van der Waals surface area (Å²) in [5.74, 6) is 0.887. The molecule has 19 heavy (non-hydrogen) atoms. The van der Waals surface area contributed by atoms with Gasteiger partial charge < -0.3 is 0 Å². The molecule has 2 unspecified atom stereocenters. The molecule has 111 valence electrons. The third kappa shape index (κ3) is 7.38. The number of alkyl halides is 1. The van der Waals surface area contributed by atoms with Crippen LogP contribution in [0, 0.1) is 11.3 Å². The molecule has 1 fully saturated rings. The molecular weight excluding hydrogens is 342 g/mol. The van der Waals surface area contributed by atoms with Crippen molar-refractivity contribution in [3.63, 3.8) is 0 Å². The molecule has 0 N–H and O–H groups in total. The lowest BCUT2D eigenvalue weighted by molar-refractivity contribution is 0.244. The van der Waals surface area contributed by atoms with E-state index in [1.54, 1.807) is 0 Å². The Morgan fingerprint density at radius 3 is 2.58 bits per heavy atom. The summed E-state index contributed by atoms with van der Waals surface area (Å²) in [6, 6.07) is 0. The summed E-state index contributed by atoms with van der Waals surface area (Å²) >= 11 is 2.72. The van der Waals surface area contributed by atoms with Crippen LogP contribution in [0.2, 0.25) is 6.32 Å². The molecule has 0 saturated carbocycles. The zero-order valence-corrected chi connectivity index (χ0v) is 15.8. The van der Waals surface area contributed by atoms with Crippen molar-refractivity contribution in [1.29, 1.82) is 0 Å². The van der Waals surface area contributed by atoms with Crippen LogP contribution in [0.1, 0.15) is 85.5 Å². The highest BCUT2D eigenvalue weighted by molar-refractivity contribution is 14.1. The third-order valence-electron chi connectivity index (χ3n) is 4.85. The molecule has 1 rings (SSSR count). The molecule has 1 saturated heterocycles. The lowest BCUT2D eigenvalue weighted by Crippen LogP contribution is -2.31. The fourth-order valence-electron chi connectivity index (χ4n) is 3.47. The molecule has 1 heterocycles. The van der Waals surface area contributed by atoms with Crippen LogP contribution in [0.25, 0.3) is 0 Å². The van der Waals surface area contributed by atoms with E-state index in [1.165, 1.54) is 64.1 Å². The van der Waals surface area contributed by atoms with Crippen molar-refractivity contribution in [2.45, 2.75) is 95.1 Å². The van der Waals surface area contributed by atoms with Gasteiger partial charge in [-0.25, -0.2) is 0 Å². The first-order valence-corrected chi connectivity index (χ1v) is 9.48. The van der Waals surface area contributed by atoms with Crippen LogP contribution < -0.4 is 0 Å². The number of hydrogen-bond donors (Lipinski definition) is 0. The van der Waals surface area contributed by atoms with Crippen molar-refractivity contribution >= 4 is 29.9 Å². The van der Waals surface area contributed by atoms with Crippen LogP contribution in [-0.4, -0.2) is 10.6 Å². The summed E-state index contributed by atoms with van der Waals surface area (Å²) in [5.41, 5.74) is 0.546. The van der Waals surface area contributed by atoms with Crippen molar-refractivity contribution < 1.29 is 0 Å². The van der Waals surface area contributed by atoms with Crippen LogP contribution in [0.3, 0.4) is 0 Å². The highest BCUT2D eigenvalue weighted by Gasteiger charge is 2.29. The highest BCUT2D eigenvalue weighted by atomic mass is 127.